The Bertz CT molecular complexity index is 2800. The van der Waals surface area contributed by atoms with Gasteiger partial charge in [0.25, 0.3) is 0 Å². The zero-order valence-electron chi connectivity index (χ0n) is 26.2. The third-order valence-electron chi connectivity index (χ3n) is 9.89. The number of fused-ring (bicyclic) bond motifs is 7. The van der Waals surface area contributed by atoms with E-state index < -0.39 is 0 Å². The summed E-state index contributed by atoms with van der Waals surface area (Å²) in [5.74, 6) is 0. The van der Waals surface area contributed by atoms with E-state index in [0.717, 1.165) is 11.4 Å². The summed E-state index contributed by atoms with van der Waals surface area (Å²) < 4.78 is 4.88. The molecule has 0 amide bonds. The zero-order valence-corrected chi connectivity index (χ0v) is 26.2. The molecule has 8 aromatic carbocycles. The van der Waals surface area contributed by atoms with Crippen LogP contribution in [0.2, 0.25) is 0 Å². The summed E-state index contributed by atoms with van der Waals surface area (Å²) in [6, 6.07) is 66.2. The molecule has 0 bridgehead atoms. The third-order valence-corrected chi connectivity index (χ3v) is 9.89. The zero-order chi connectivity index (χ0) is 31.6. The van der Waals surface area contributed by atoms with E-state index in [1.165, 1.54) is 76.6 Å². The first-order chi connectivity index (χ1) is 23.8. The highest BCUT2D eigenvalue weighted by atomic mass is 15.0. The van der Waals surface area contributed by atoms with Crippen molar-refractivity contribution in [2.45, 2.75) is 0 Å². The fourth-order valence-electron chi connectivity index (χ4n) is 7.77. The van der Waals surface area contributed by atoms with Crippen LogP contribution in [0.25, 0.3) is 88.0 Å². The van der Waals surface area contributed by atoms with Crippen LogP contribution >= 0.6 is 0 Å². The topological polar surface area (TPSA) is 9.86 Å². The highest BCUT2D eigenvalue weighted by Crippen LogP contribution is 2.44. The molecular formula is C46H30N2. The van der Waals surface area contributed by atoms with Crippen LogP contribution in [-0.2, 0) is 0 Å². The molecule has 2 aromatic heterocycles. The van der Waals surface area contributed by atoms with E-state index in [1.54, 1.807) is 0 Å². The molecular weight excluding hydrogens is 581 g/mol. The summed E-state index contributed by atoms with van der Waals surface area (Å²) >= 11 is 0. The van der Waals surface area contributed by atoms with Gasteiger partial charge in [-0.05, 0) is 76.0 Å². The van der Waals surface area contributed by atoms with Crippen molar-refractivity contribution in [2.75, 3.05) is 0 Å². The Hall–Kier alpha value is -6.38. The van der Waals surface area contributed by atoms with E-state index in [9.17, 15) is 0 Å². The van der Waals surface area contributed by atoms with Crippen LogP contribution in [0.15, 0.2) is 182 Å². The van der Waals surface area contributed by atoms with E-state index >= 15 is 0 Å². The van der Waals surface area contributed by atoms with Crippen molar-refractivity contribution in [1.82, 2.24) is 9.13 Å². The van der Waals surface area contributed by atoms with E-state index in [0.29, 0.717) is 0 Å². The van der Waals surface area contributed by atoms with E-state index in [1.807, 2.05) is 0 Å². The minimum Gasteiger partial charge on any atom is -0.309 e. The number of benzene rings is 8. The molecule has 0 saturated heterocycles. The molecule has 10 rings (SSSR count). The van der Waals surface area contributed by atoms with Gasteiger partial charge >= 0.3 is 0 Å². The van der Waals surface area contributed by atoms with Gasteiger partial charge in [-0.25, -0.2) is 0 Å². The summed E-state index contributed by atoms with van der Waals surface area (Å²) in [5, 5.41) is 7.53. The monoisotopic (exact) mass is 610 g/mol. The first-order valence-corrected chi connectivity index (χ1v) is 16.5. The number of aromatic nitrogens is 2. The standard InChI is InChI=1S/C46H30N2/c1-3-13-31(14-4-1)32-23-26-36(27-24-32)47-42-21-11-9-19-38(42)40-28-25-34(30-44(40)47)45-37-18-8-7-15-33(37)29-41-39-20-10-12-22-43(39)48(46(41)45)35-16-5-2-6-17-35/h1-30H. The largest absolute Gasteiger partial charge is 0.309 e. The van der Waals surface area contributed by atoms with Crippen LogP contribution in [0.3, 0.4) is 0 Å². The quantitative estimate of drug-likeness (QED) is 0.188. The minimum absolute atomic E-state index is 1.15. The number of rotatable bonds is 4. The van der Waals surface area contributed by atoms with Crippen molar-refractivity contribution >= 4 is 54.4 Å². The van der Waals surface area contributed by atoms with Gasteiger partial charge in [-0.15, -0.1) is 0 Å². The maximum absolute atomic E-state index is 2.45. The molecule has 2 heteroatoms. The molecule has 0 fully saturated rings. The van der Waals surface area contributed by atoms with Crippen LogP contribution in [0.4, 0.5) is 0 Å². The van der Waals surface area contributed by atoms with Crippen molar-refractivity contribution in [3.8, 4) is 33.6 Å². The Kier molecular flexibility index (Phi) is 5.91. The molecule has 10 aromatic rings. The minimum atomic E-state index is 1.15. The molecule has 0 spiro atoms. The molecule has 0 aliphatic rings. The Morgan fingerprint density at radius 2 is 0.812 bits per heavy atom. The summed E-state index contributed by atoms with van der Waals surface area (Å²) in [5.41, 5.74) is 12.1. The Balaban J connectivity index is 1.30. The fourth-order valence-corrected chi connectivity index (χ4v) is 7.77. The molecule has 0 aliphatic carbocycles. The van der Waals surface area contributed by atoms with Crippen molar-refractivity contribution < 1.29 is 0 Å². The first-order valence-electron chi connectivity index (χ1n) is 16.5. The lowest BCUT2D eigenvalue weighted by Crippen LogP contribution is -1.97. The molecule has 0 saturated carbocycles. The highest BCUT2D eigenvalue weighted by molar-refractivity contribution is 6.22. The third kappa shape index (κ3) is 4.00. The number of nitrogens with zero attached hydrogens (tertiary/aromatic N) is 2. The summed E-state index contributed by atoms with van der Waals surface area (Å²) in [6.45, 7) is 0. The summed E-state index contributed by atoms with van der Waals surface area (Å²) in [6.07, 6.45) is 0. The fraction of sp³-hybridized carbons (Fsp3) is 0. The smallest absolute Gasteiger partial charge is 0.0625 e. The van der Waals surface area contributed by atoms with Crippen molar-refractivity contribution in [1.29, 1.82) is 0 Å². The van der Waals surface area contributed by atoms with Crippen molar-refractivity contribution in [2.24, 2.45) is 0 Å². The van der Waals surface area contributed by atoms with Crippen LogP contribution in [0, 0.1) is 0 Å². The molecule has 48 heavy (non-hydrogen) atoms. The van der Waals surface area contributed by atoms with Crippen molar-refractivity contribution in [3.63, 3.8) is 0 Å². The van der Waals surface area contributed by atoms with Gasteiger partial charge < -0.3 is 9.13 Å². The van der Waals surface area contributed by atoms with Gasteiger partial charge in [0.15, 0.2) is 0 Å². The Labute approximate surface area is 278 Å². The molecule has 2 nitrogen and oxygen atoms in total. The molecule has 0 radical (unpaired) electrons. The van der Waals surface area contributed by atoms with E-state index in [-0.39, 0.29) is 0 Å². The lowest BCUT2D eigenvalue weighted by molar-refractivity contribution is 1.18. The first kappa shape index (κ1) is 26.8. The average Bonchev–Trinajstić information content (AvgIpc) is 3.67. The number of hydrogen-bond acceptors (Lipinski definition) is 0. The normalized spacial score (nSPS) is 11.8. The molecule has 0 N–H and O–H groups in total. The van der Waals surface area contributed by atoms with Crippen molar-refractivity contribution in [3.05, 3.63) is 182 Å². The van der Waals surface area contributed by atoms with Gasteiger partial charge in [0, 0.05) is 38.5 Å². The van der Waals surface area contributed by atoms with E-state index in [2.05, 4.69) is 191 Å². The molecule has 0 aliphatic heterocycles. The van der Waals surface area contributed by atoms with Gasteiger partial charge in [-0.2, -0.15) is 0 Å². The lowest BCUT2D eigenvalue weighted by atomic mass is 9.94. The van der Waals surface area contributed by atoms with E-state index in [4.69, 9.17) is 0 Å². The molecule has 2 heterocycles. The predicted octanol–water partition coefficient (Wildman–Crippen LogP) is 12.4. The average molecular weight is 611 g/mol. The summed E-state index contributed by atoms with van der Waals surface area (Å²) in [7, 11) is 0. The summed E-state index contributed by atoms with van der Waals surface area (Å²) in [4.78, 5) is 0. The van der Waals surface area contributed by atoms with Gasteiger partial charge in [-0.3, -0.25) is 0 Å². The van der Waals surface area contributed by atoms with Crippen LogP contribution < -0.4 is 0 Å². The second kappa shape index (κ2) is 10.6. The van der Waals surface area contributed by atoms with Crippen LogP contribution in [0.5, 0.6) is 0 Å². The Morgan fingerprint density at radius 3 is 1.56 bits per heavy atom. The highest BCUT2D eigenvalue weighted by Gasteiger charge is 2.21. The lowest BCUT2D eigenvalue weighted by Gasteiger charge is -2.15. The number of hydrogen-bond donors (Lipinski definition) is 0. The molecule has 0 atom stereocenters. The van der Waals surface area contributed by atoms with Gasteiger partial charge in [0.1, 0.15) is 0 Å². The van der Waals surface area contributed by atoms with Gasteiger partial charge in [0.2, 0.25) is 0 Å². The van der Waals surface area contributed by atoms with Crippen LogP contribution in [-0.4, -0.2) is 9.13 Å². The molecule has 0 unspecified atom stereocenters. The maximum atomic E-state index is 2.45. The second-order valence-corrected chi connectivity index (χ2v) is 12.6. The van der Waals surface area contributed by atoms with Gasteiger partial charge in [-0.1, -0.05) is 133 Å². The predicted molar refractivity (Wildman–Crippen MR) is 203 cm³/mol. The van der Waals surface area contributed by atoms with Gasteiger partial charge in [0.05, 0.1) is 22.1 Å². The Morgan fingerprint density at radius 1 is 0.292 bits per heavy atom. The maximum Gasteiger partial charge on any atom is 0.0625 e. The SMILES string of the molecule is c1ccc(-c2ccc(-n3c4ccccc4c4ccc(-c5c6ccccc6cc6c7ccccc7n(-c7ccccc7)c56)cc43)cc2)cc1. The second-order valence-electron chi connectivity index (χ2n) is 12.6. The number of para-hydroxylation sites is 3. The van der Waals surface area contributed by atoms with Crippen LogP contribution in [0.1, 0.15) is 0 Å². The molecule has 224 valence electrons.